The van der Waals surface area contributed by atoms with Crippen molar-refractivity contribution in [1.29, 1.82) is 0 Å². The molecule has 1 aliphatic heterocycles. The molecule has 0 aromatic rings. The number of hydrogen-bond donors (Lipinski definition) is 2. The lowest BCUT2D eigenvalue weighted by molar-refractivity contribution is -0.0297. The van der Waals surface area contributed by atoms with Crippen molar-refractivity contribution >= 4 is 0 Å². The molecule has 4 nitrogen and oxygen atoms in total. The Balaban J connectivity index is 2.05. The maximum atomic E-state index is 5.28. The smallest absolute Gasteiger partial charge is 0.120 e. The molecule has 1 atom stereocenters. The van der Waals surface area contributed by atoms with E-state index in [1.165, 1.54) is 0 Å². The molecular weight excluding hydrogens is 192 g/mol. The first-order valence-electron chi connectivity index (χ1n) is 5.26. The van der Waals surface area contributed by atoms with Gasteiger partial charge in [0.2, 0.25) is 0 Å². The lowest BCUT2D eigenvalue weighted by atomic mass is 10.2. The van der Waals surface area contributed by atoms with E-state index in [1.54, 1.807) is 13.2 Å². The van der Waals surface area contributed by atoms with E-state index in [2.05, 4.69) is 23.5 Å². The first-order valence-corrected chi connectivity index (χ1v) is 5.26. The Morgan fingerprint density at radius 3 is 2.93 bits per heavy atom. The van der Waals surface area contributed by atoms with E-state index in [-0.39, 0.29) is 6.23 Å². The van der Waals surface area contributed by atoms with Crippen LogP contribution in [0.2, 0.25) is 0 Å². The summed E-state index contributed by atoms with van der Waals surface area (Å²) in [6.45, 7) is 5.17. The van der Waals surface area contributed by atoms with Crippen LogP contribution in [0.1, 0.15) is 12.8 Å². The Morgan fingerprint density at radius 2 is 2.40 bits per heavy atom. The SMILES string of the molecule is C=C/C=C\CC[C@H](NNC1COC1)OC. The number of methoxy groups -OCH3 is 1. The Bertz CT molecular complexity index is 203. The maximum Gasteiger partial charge on any atom is 0.120 e. The molecule has 1 heterocycles. The molecule has 1 fully saturated rings. The maximum absolute atomic E-state index is 5.28. The van der Waals surface area contributed by atoms with Gasteiger partial charge in [0.25, 0.3) is 0 Å². The van der Waals surface area contributed by atoms with Crippen molar-refractivity contribution in [2.24, 2.45) is 0 Å². The van der Waals surface area contributed by atoms with Crippen LogP contribution in [0.15, 0.2) is 24.8 Å². The van der Waals surface area contributed by atoms with Crippen LogP contribution in [0.4, 0.5) is 0 Å². The minimum absolute atomic E-state index is 0.0417. The van der Waals surface area contributed by atoms with Crippen molar-refractivity contribution in [3.05, 3.63) is 24.8 Å². The van der Waals surface area contributed by atoms with Gasteiger partial charge in [0.1, 0.15) is 6.23 Å². The third-order valence-electron chi connectivity index (χ3n) is 2.24. The monoisotopic (exact) mass is 212 g/mol. The van der Waals surface area contributed by atoms with Crippen molar-refractivity contribution in [3.63, 3.8) is 0 Å². The average molecular weight is 212 g/mol. The molecule has 0 radical (unpaired) electrons. The van der Waals surface area contributed by atoms with Gasteiger partial charge in [-0.15, -0.1) is 0 Å². The zero-order chi connectivity index (χ0) is 10.9. The molecule has 0 saturated carbocycles. The fourth-order valence-corrected chi connectivity index (χ4v) is 1.22. The second kappa shape index (κ2) is 7.59. The van der Waals surface area contributed by atoms with E-state index in [0.717, 1.165) is 26.1 Å². The van der Waals surface area contributed by atoms with Crippen molar-refractivity contribution in [3.8, 4) is 0 Å². The fraction of sp³-hybridized carbons (Fsp3) is 0.636. The summed E-state index contributed by atoms with van der Waals surface area (Å²) >= 11 is 0. The zero-order valence-corrected chi connectivity index (χ0v) is 9.24. The molecular formula is C11H20N2O2. The summed E-state index contributed by atoms with van der Waals surface area (Å²) in [5, 5.41) is 0. The lowest BCUT2D eigenvalue weighted by Gasteiger charge is -2.29. The van der Waals surface area contributed by atoms with Gasteiger partial charge in [-0.05, 0) is 12.8 Å². The van der Waals surface area contributed by atoms with Gasteiger partial charge in [0.05, 0.1) is 19.3 Å². The van der Waals surface area contributed by atoms with Gasteiger partial charge >= 0.3 is 0 Å². The molecule has 2 N–H and O–H groups in total. The van der Waals surface area contributed by atoms with E-state index in [9.17, 15) is 0 Å². The van der Waals surface area contributed by atoms with Crippen LogP contribution in [0.3, 0.4) is 0 Å². The summed E-state index contributed by atoms with van der Waals surface area (Å²) in [5.41, 5.74) is 6.30. The summed E-state index contributed by atoms with van der Waals surface area (Å²) < 4.78 is 10.3. The molecule has 1 aliphatic rings. The lowest BCUT2D eigenvalue weighted by Crippen LogP contribution is -2.55. The predicted molar refractivity (Wildman–Crippen MR) is 60.2 cm³/mol. The number of hydrogen-bond acceptors (Lipinski definition) is 4. The zero-order valence-electron chi connectivity index (χ0n) is 9.24. The standard InChI is InChI=1S/C11H20N2O2/c1-3-4-5-6-7-11(14-2)13-12-10-8-15-9-10/h3-5,10-13H,1,6-9H2,2H3/b5-4-/t11-/m1/s1. The summed E-state index contributed by atoms with van der Waals surface area (Å²) in [6, 6.07) is 0.423. The fourth-order valence-electron chi connectivity index (χ4n) is 1.22. The minimum atomic E-state index is 0.0417. The molecule has 15 heavy (non-hydrogen) atoms. The van der Waals surface area contributed by atoms with E-state index in [0.29, 0.717) is 6.04 Å². The minimum Gasteiger partial charge on any atom is -0.378 e. The van der Waals surface area contributed by atoms with Crippen LogP contribution in [0.25, 0.3) is 0 Å². The van der Waals surface area contributed by atoms with Crippen molar-refractivity contribution < 1.29 is 9.47 Å². The van der Waals surface area contributed by atoms with E-state index in [1.807, 2.05) is 6.08 Å². The van der Waals surface area contributed by atoms with Gasteiger partial charge < -0.3 is 9.47 Å². The molecule has 0 aromatic heterocycles. The van der Waals surface area contributed by atoms with Crippen molar-refractivity contribution in [2.45, 2.75) is 25.1 Å². The number of nitrogens with one attached hydrogen (secondary N) is 2. The number of ether oxygens (including phenoxy) is 2. The molecule has 0 bridgehead atoms. The number of rotatable bonds is 8. The van der Waals surface area contributed by atoms with Gasteiger partial charge in [-0.2, -0.15) is 0 Å². The molecule has 4 heteroatoms. The van der Waals surface area contributed by atoms with Crippen LogP contribution in [0.5, 0.6) is 0 Å². The highest BCUT2D eigenvalue weighted by Crippen LogP contribution is 2.01. The highest BCUT2D eigenvalue weighted by Gasteiger charge is 2.18. The van der Waals surface area contributed by atoms with Gasteiger partial charge in [-0.3, -0.25) is 0 Å². The normalized spacial score (nSPS) is 19.0. The molecule has 0 aliphatic carbocycles. The summed E-state index contributed by atoms with van der Waals surface area (Å²) in [7, 11) is 1.70. The van der Waals surface area contributed by atoms with E-state index >= 15 is 0 Å². The Kier molecular flexibility index (Phi) is 6.27. The highest BCUT2D eigenvalue weighted by atomic mass is 16.5. The third-order valence-corrected chi connectivity index (χ3v) is 2.24. The molecule has 1 saturated heterocycles. The second-order valence-electron chi connectivity index (χ2n) is 3.49. The topological polar surface area (TPSA) is 42.5 Å². The molecule has 0 unspecified atom stereocenters. The summed E-state index contributed by atoms with van der Waals surface area (Å²) in [5.74, 6) is 0. The molecule has 0 spiro atoms. The van der Waals surface area contributed by atoms with E-state index < -0.39 is 0 Å². The van der Waals surface area contributed by atoms with Gasteiger partial charge in [0.15, 0.2) is 0 Å². The average Bonchev–Trinajstić information content (AvgIpc) is 2.19. The number of hydrazine groups is 1. The molecule has 0 amide bonds. The quantitative estimate of drug-likeness (QED) is 0.357. The van der Waals surface area contributed by atoms with Crippen molar-refractivity contribution in [1.82, 2.24) is 10.9 Å². The first-order chi connectivity index (χ1) is 7.36. The van der Waals surface area contributed by atoms with Crippen LogP contribution in [-0.2, 0) is 9.47 Å². The molecule has 86 valence electrons. The Hall–Kier alpha value is -0.680. The molecule has 0 aromatic carbocycles. The summed E-state index contributed by atoms with van der Waals surface area (Å²) in [4.78, 5) is 0. The van der Waals surface area contributed by atoms with Gasteiger partial charge in [-0.1, -0.05) is 24.8 Å². The van der Waals surface area contributed by atoms with Gasteiger partial charge in [0, 0.05) is 7.11 Å². The van der Waals surface area contributed by atoms with Crippen LogP contribution < -0.4 is 10.9 Å². The summed E-state index contributed by atoms with van der Waals surface area (Å²) in [6.07, 6.45) is 7.74. The van der Waals surface area contributed by atoms with Crippen LogP contribution in [-0.4, -0.2) is 32.6 Å². The number of allylic oxidation sites excluding steroid dienone is 3. The Labute approximate surface area is 91.3 Å². The van der Waals surface area contributed by atoms with Crippen molar-refractivity contribution in [2.75, 3.05) is 20.3 Å². The van der Waals surface area contributed by atoms with Crippen LogP contribution in [0, 0.1) is 0 Å². The predicted octanol–water partition coefficient (Wildman–Crippen LogP) is 0.974. The largest absolute Gasteiger partial charge is 0.378 e. The molecule has 1 rings (SSSR count). The first kappa shape index (κ1) is 12.4. The highest BCUT2D eigenvalue weighted by molar-refractivity contribution is 4.96. The third kappa shape index (κ3) is 5.09. The van der Waals surface area contributed by atoms with Gasteiger partial charge in [-0.25, -0.2) is 10.9 Å². The second-order valence-corrected chi connectivity index (χ2v) is 3.49. The Morgan fingerprint density at radius 1 is 1.60 bits per heavy atom. The van der Waals surface area contributed by atoms with Crippen LogP contribution >= 0.6 is 0 Å². The van der Waals surface area contributed by atoms with E-state index in [4.69, 9.17) is 9.47 Å².